The van der Waals surface area contributed by atoms with Crippen molar-refractivity contribution in [3.63, 3.8) is 0 Å². The Bertz CT molecular complexity index is 790. The topological polar surface area (TPSA) is 18.5 Å². The maximum atomic E-state index is 6.42. The first-order valence-electron chi connectivity index (χ1n) is 9.83. The van der Waals surface area contributed by atoms with Crippen LogP contribution in [0, 0.1) is 22.7 Å². The van der Waals surface area contributed by atoms with Crippen LogP contribution in [0.3, 0.4) is 0 Å². The van der Waals surface area contributed by atoms with Gasteiger partial charge in [0.2, 0.25) is 8.32 Å². The van der Waals surface area contributed by atoms with Gasteiger partial charge >= 0.3 is 0 Å². The van der Waals surface area contributed by atoms with Crippen LogP contribution in [0.1, 0.15) is 61.0 Å². The summed E-state index contributed by atoms with van der Waals surface area (Å²) in [5.41, 5.74) is 2.32. The highest BCUT2D eigenvalue weighted by Gasteiger charge is 2.40. The summed E-state index contributed by atoms with van der Waals surface area (Å²) in [5.74, 6) is 8.33. The lowest BCUT2D eigenvalue weighted by Gasteiger charge is -2.36. The molecule has 27 heavy (non-hydrogen) atoms. The van der Waals surface area contributed by atoms with Gasteiger partial charge in [0, 0.05) is 11.0 Å². The van der Waals surface area contributed by atoms with Crippen LogP contribution in [0.5, 0.6) is 5.75 Å². The van der Waals surface area contributed by atoms with Gasteiger partial charge in [-0.3, -0.25) is 0 Å². The van der Waals surface area contributed by atoms with E-state index in [0.29, 0.717) is 6.61 Å². The van der Waals surface area contributed by atoms with Crippen molar-refractivity contribution in [2.24, 2.45) is 10.8 Å². The number of benzene rings is 1. The maximum Gasteiger partial charge on any atom is 0.250 e. The van der Waals surface area contributed by atoms with Crippen LogP contribution in [0.25, 0.3) is 0 Å². The van der Waals surface area contributed by atoms with Gasteiger partial charge in [-0.15, -0.1) is 0 Å². The minimum Gasteiger partial charge on any atom is -0.543 e. The molecule has 1 heterocycles. The maximum absolute atomic E-state index is 6.42. The number of hydrogen-bond acceptors (Lipinski definition) is 2. The summed E-state index contributed by atoms with van der Waals surface area (Å²) in [6.07, 6.45) is 0. The normalized spacial score (nSPS) is 17.3. The molecule has 0 amide bonds. The van der Waals surface area contributed by atoms with E-state index in [-0.39, 0.29) is 15.9 Å². The third-order valence-corrected chi connectivity index (χ3v) is 9.92. The molecule has 0 aliphatic carbocycles. The molecular weight excluding hydrogens is 348 g/mol. The van der Waals surface area contributed by atoms with Gasteiger partial charge in [0.1, 0.15) is 5.75 Å². The van der Waals surface area contributed by atoms with Gasteiger partial charge in [-0.1, -0.05) is 67.4 Å². The van der Waals surface area contributed by atoms with Crippen LogP contribution in [0.2, 0.25) is 18.1 Å². The van der Waals surface area contributed by atoms with E-state index in [4.69, 9.17) is 9.16 Å². The van der Waals surface area contributed by atoms with Gasteiger partial charge in [0.05, 0.1) is 6.61 Å². The van der Waals surface area contributed by atoms with E-state index < -0.39 is 8.32 Å². The monoisotopic (exact) mass is 384 g/mol. The first kappa shape index (κ1) is 21.6. The molecule has 1 aliphatic rings. The zero-order valence-electron chi connectivity index (χ0n) is 18.8. The van der Waals surface area contributed by atoms with Crippen LogP contribution in [-0.2, 0) is 4.74 Å². The average molecular weight is 385 g/mol. The van der Waals surface area contributed by atoms with E-state index in [0.717, 1.165) is 17.1 Å². The van der Waals surface area contributed by atoms with Gasteiger partial charge in [0.15, 0.2) is 5.76 Å². The van der Waals surface area contributed by atoms with E-state index >= 15 is 0 Å². The fourth-order valence-electron chi connectivity index (χ4n) is 3.37. The lowest BCUT2D eigenvalue weighted by molar-refractivity contribution is 0.190. The van der Waals surface area contributed by atoms with Gasteiger partial charge < -0.3 is 9.16 Å². The van der Waals surface area contributed by atoms with Crippen molar-refractivity contribution in [3.8, 4) is 17.6 Å². The quantitative estimate of drug-likeness (QED) is 0.413. The summed E-state index contributed by atoms with van der Waals surface area (Å²) in [6.45, 7) is 23.1. The highest BCUT2D eigenvalue weighted by atomic mass is 28.4. The summed E-state index contributed by atoms with van der Waals surface area (Å²) >= 11 is 0. The molecule has 0 radical (unpaired) electrons. The molecule has 0 spiro atoms. The minimum absolute atomic E-state index is 0.0234. The smallest absolute Gasteiger partial charge is 0.250 e. The molecule has 3 heteroatoms. The predicted octanol–water partition coefficient (Wildman–Crippen LogP) is 6.78. The van der Waals surface area contributed by atoms with Gasteiger partial charge in [-0.2, -0.15) is 0 Å². The minimum atomic E-state index is -1.85. The van der Waals surface area contributed by atoms with Crippen LogP contribution in [0.15, 0.2) is 35.6 Å². The molecule has 0 aromatic heterocycles. The van der Waals surface area contributed by atoms with E-state index in [1.54, 1.807) is 0 Å². The molecule has 0 N–H and O–H groups in total. The average Bonchev–Trinajstić information content (AvgIpc) is 2.78. The van der Waals surface area contributed by atoms with Crippen LogP contribution in [0.4, 0.5) is 0 Å². The Labute approximate surface area is 167 Å². The Morgan fingerprint density at radius 1 is 1.04 bits per heavy atom. The number of ether oxygens (including phenoxy) is 1. The second-order valence-corrected chi connectivity index (χ2v) is 15.5. The van der Waals surface area contributed by atoms with E-state index in [2.05, 4.69) is 80.3 Å². The number of rotatable bonds is 2. The van der Waals surface area contributed by atoms with Crippen molar-refractivity contribution < 1.29 is 9.16 Å². The number of hydrogen-bond donors (Lipinski definition) is 0. The SMILES string of the molecule is CC(C)(C)C1=C(C#Cc2cccc(O[Si](C)(C)C(C)(C)C)c2)OCC1(C)C. The third-order valence-electron chi connectivity index (χ3n) is 5.56. The Balaban J connectivity index is 2.33. The standard InChI is InChI=1S/C24H36O2Si/c1-22(2,3)21-20(25-17-24(21,7)8)15-14-18-12-11-13-19(16-18)26-27(9,10)23(4,5)6/h11-13,16H,17H2,1-10H3. The second kappa shape index (κ2) is 7.06. The molecule has 0 saturated heterocycles. The Hall–Kier alpha value is -1.66. The summed E-state index contributed by atoms with van der Waals surface area (Å²) in [7, 11) is -1.85. The molecule has 1 aliphatic heterocycles. The molecule has 0 bridgehead atoms. The zero-order chi connectivity index (χ0) is 20.7. The zero-order valence-corrected chi connectivity index (χ0v) is 19.8. The van der Waals surface area contributed by atoms with Crippen LogP contribution < -0.4 is 4.43 Å². The summed E-state index contributed by atoms with van der Waals surface area (Å²) in [4.78, 5) is 0. The molecule has 1 aromatic carbocycles. The second-order valence-electron chi connectivity index (χ2n) is 10.8. The molecule has 2 rings (SSSR count). The van der Waals surface area contributed by atoms with Crippen molar-refractivity contribution in [2.75, 3.05) is 6.61 Å². The lowest BCUT2D eigenvalue weighted by Crippen LogP contribution is -2.43. The van der Waals surface area contributed by atoms with Crippen molar-refractivity contribution in [1.82, 2.24) is 0 Å². The molecule has 2 nitrogen and oxygen atoms in total. The highest BCUT2D eigenvalue weighted by Crippen LogP contribution is 2.46. The summed E-state index contributed by atoms with van der Waals surface area (Å²) < 4.78 is 12.4. The molecule has 0 unspecified atom stereocenters. The van der Waals surface area contributed by atoms with Crippen molar-refractivity contribution >= 4 is 8.32 Å². The van der Waals surface area contributed by atoms with Crippen molar-refractivity contribution in [3.05, 3.63) is 41.2 Å². The largest absolute Gasteiger partial charge is 0.543 e. The van der Waals surface area contributed by atoms with E-state index in [9.17, 15) is 0 Å². The molecule has 0 fully saturated rings. The molecular formula is C24H36O2Si. The predicted molar refractivity (Wildman–Crippen MR) is 117 cm³/mol. The molecule has 0 saturated carbocycles. The first-order chi connectivity index (χ1) is 12.1. The summed E-state index contributed by atoms with van der Waals surface area (Å²) in [5, 5.41) is 0.171. The van der Waals surface area contributed by atoms with Crippen molar-refractivity contribution in [1.29, 1.82) is 0 Å². The van der Waals surface area contributed by atoms with Gasteiger partial charge in [0.25, 0.3) is 0 Å². The Morgan fingerprint density at radius 3 is 2.22 bits per heavy atom. The van der Waals surface area contributed by atoms with Gasteiger partial charge in [-0.25, -0.2) is 0 Å². The molecule has 1 aromatic rings. The molecule has 0 atom stereocenters. The Morgan fingerprint density at radius 2 is 1.67 bits per heavy atom. The van der Waals surface area contributed by atoms with Gasteiger partial charge in [-0.05, 0) is 53.2 Å². The van der Waals surface area contributed by atoms with E-state index in [1.165, 1.54) is 5.57 Å². The van der Waals surface area contributed by atoms with E-state index in [1.807, 2.05) is 24.3 Å². The van der Waals surface area contributed by atoms with Crippen LogP contribution in [-0.4, -0.2) is 14.9 Å². The number of allylic oxidation sites excluding steroid dienone is 1. The molecule has 148 valence electrons. The highest BCUT2D eigenvalue weighted by molar-refractivity contribution is 6.74. The lowest BCUT2D eigenvalue weighted by atomic mass is 9.72. The fourth-order valence-corrected chi connectivity index (χ4v) is 4.40. The fraction of sp³-hybridized carbons (Fsp3) is 0.583. The van der Waals surface area contributed by atoms with Crippen molar-refractivity contribution in [2.45, 2.75) is 73.5 Å². The Kier molecular flexibility index (Phi) is 5.65. The first-order valence-corrected chi connectivity index (χ1v) is 12.7. The van der Waals surface area contributed by atoms with Crippen LogP contribution >= 0.6 is 0 Å². The third kappa shape index (κ3) is 4.99. The summed E-state index contributed by atoms with van der Waals surface area (Å²) in [6, 6.07) is 8.12.